The standard InChI is InChI=1S/C14H14FNOS/c1-17-12-6-7-13(16)14(8-12)18-9-10-2-4-11(15)5-3-10/h2-8H,9,16H2,1H3. The van der Waals surface area contributed by atoms with E-state index in [0.29, 0.717) is 0 Å². The second-order valence-corrected chi connectivity index (χ2v) is 4.84. The lowest BCUT2D eigenvalue weighted by atomic mass is 10.2. The van der Waals surface area contributed by atoms with Gasteiger partial charge in [-0.2, -0.15) is 0 Å². The van der Waals surface area contributed by atoms with Crippen LogP contribution in [0.15, 0.2) is 47.4 Å². The highest BCUT2D eigenvalue weighted by molar-refractivity contribution is 7.98. The molecule has 2 aromatic rings. The second-order valence-electron chi connectivity index (χ2n) is 3.82. The molecule has 0 atom stereocenters. The summed E-state index contributed by atoms with van der Waals surface area (Å²) in [7, 11) is 1.62. The Labute approximate surface area is 110 Å². The van der Waals surface area contributed by atoms with Gasteiger partial charge >= 0.3 is 0 Å². The number of anilines is 1. The molecule has 2 rings (SSSR count). The van der Waals surface area contributed by atoms with Crippen LogP contribution in [-0.4, -0.2) is 7.11 Å². The first kappa shape index (κ1) is 12.8. The van der Waals surface area contributed by atoms with Crippen molar-refractivity contribution in [3.05, 3.63) is 53.8 Å². The Morgan fingerprint density at radius 1 is 1.17 bits per heavy atom. The molecule has 0 saturated carbocycles. The Bertz CT molecular complexity index is 528. The maximum atomic E-state index is 12.8. The number of hydrogen-bond acceptors (Lipinski definition) is 3. The number of halogens is 1. The van der Waals surface area contributed by atoms with Crippen LogP contribution in [-0.2, 0) is 5.75 Å². The number of hydrogen-bond donors (Lipinski definition) is 1. The molecule has 0 saturated heterocycles. The summed E-state index contributed by atoms with van der Waals surface area (Å²) < 4.78 is 17.9. The highest BCUT2D eigenvalue weighted by atomic mass is 32.2. The topological polar surface area (TPSA) is 35.2 Å². The zero-order valence-electron chi connectivity index (χ0n) is 10.0. The first-order valence-electron chi connectivity index (χ1n) is 5.50. The summed E-state index contributed by atoms with van der Waals surface area (Å²) >= 11 is 1.61. The maximum absolute atomic E-state index is 12.8. The fourth-order valence-electron chi connectivity index (χ4n) is 1.51. The molecule has 18 heavy (non-hydrogen) atoms. The summed E-state index contributed by atoms with van der Waals surface area (Å²) in [6.07, 6.45) is 0. The summed E-state index contributed by atoms with van der Waals surface area (Å²) in [6.45, 7) is 0. The largest absolute Gasteiger partial charge is 0.497 e. The molecule has 0 aliphatic heterocycles. The van der Waals surface area contributed by atoms with Gasteiger partial charge in [0.25, 0.3) is 0 Å². The maximum Gasteiger partial charge on any atom is 0.123 e. The Kier molecular flexibility index (Phi) is 4.10. The molecule has 0 amide bonds. The van der Waals surface area contributed by atoms with Crippen molar-refractivity contribution in [2.75, 3.05) is 12.8 Å². The molecule has 0 heterocycles. The van der Waals surface area contributed by atoms with E-state index in [-0.39, 0.29) is 5.82 Å². The van der Waals surface area contributed by atoms with Gasteiger partial charge in [-0.15, -0.1) is 11.8 Å². The SMILES string of the molecule is COc1ccc(N)c(SCc2ccc(F)cc2)c1. The molecule has 0 fully saturated rings. The molecule has 2 N–H and O–H groups in total. The van der Waals surface area contributed by atoms with E-state index in [4.69, 9.17) is 10.5 Å². The number of nitrogens with two attached hydrogens (primary N) is 1. The minimum atomic E-state index is -0.218. The highest BCUT2D eigenvalue weighted by Crippen LogP contribution is 2.31. The van der Waals surface area contributed by atoms with Crippen molar-refractivity contribution in [1.29, 1.82) is 0 Å². The van der Waals surface area contributed by atoms with Crippen LogP contribution >= 0.6 is 11.8 Å². The van der Waals surface area contributed by atoms with E-state index in [1.807, 2.05) is 18.2 Å². The van der Waals surface area contributed by atoms with Crippen molar-refractivity contribution in [2.45, 2.75) is 10.6 Å². The molecular weight excluding hydrogens is 249 g/mol. The molecule has 4 heteroatoms. The van der Waals surface area contributed by atoms with Crippen LogP contribution in [0.1, 0.15) is 5.56 Å². The zero-order chi connectivity index (χ0) is 13.0. The van der Waals surface area contributed by atoms with Crippen LogP contribution < -0.4 is 10.5 Å². The zero-order valence-corrected chi connectivity index (χ0v) is 10.8. The van der Waals surface area contributed by atoms with E-state index in [0.717, 1.165) is 27.6 Å². The van der Waals surface area contributed by atoms with Gasteiger partial charge in [0.1, 0.15) is 11.6 Å². The van der Waals surface area contributed by atoms with Crippen molar-refractivity contribution in [3.8, 4) is 5.75 Å². The van der Waals surface area contributed by atoms with Crippen molar-refractivity contribution >= 4 is 17.4 Å². The number of ether oxygens (including phenoxy) is 1. The summed E-state index contributed by atoms with van der Waals surface area (Å²) in [5, 5.41) is 0. The van der Waals surface area contributed by atoms with Crippen molar-refractivity contribution in [2.24, 2.45) is 0 Å². The average Bonchev–Trinajstić information content (AvgIpc) is 2.40. The molecule has 0 aliphatic carbocycles. The average molecular weight is 263 g/mol. The van der Waals surface area contributed by atoms with Crippen LogP contribution in [0.3, 0.4) is 0 Å². The Morgan fingerprint density at radius 3 is 2.56 bits per heavy atom. The molecule has 94 valence electrons. The quantitative estimate of drug-likeness (QED) is 0.674. The van der Waals surface area contributed by atoms with Gasteiger partial charge in [-0.05, 0) is 35.9 Å². The Balaban J connectivity index is 2.07. The molecule has 2 aromatic carbocycles. The molecule has 0 unspecified atom stereocenters. The fourth-order valence-corrected chi connectivity index (χ4v) is 2.46. The number of methoxy groups -OCH3 is 1. The lowest BCUT2D eigenvalue weighted by Crippen LogP contribution is -1.91. The number of rotatable bonds is 4. The lowest BCUT2D eigenvalue weighted by Gasteiger charge is -2.08. The molecule has 0 aliphatic rings. The minimum Gasteiger partial charge on any atom is -0.497 e. The lowest BCUT2D eigenvalue weighted by molar-refractivity contribution is 0.414. The van der Waals surface area contributed by atoms with E-state index < -0.39 is 0 Å². The van der Waals surface area contributed by atoms with E-state index in [2.05, 4.69) is 0 Å². The molecule has 0 spiro atoms. The first-order chi connectivity index (χ1) is 8.69. The van der Waals surface area contributed by atoms with E-state index in [9.17, 15) is 4.39 Å². The molecule has 0 radical (unpaired) electrons. The van der Waals surface area contributed by atoms with E-state index in [1.54, 1.807) is 31.0 Å². The Hall–Kier alpha value is -1.68. The van der Waals surface area contributed by atoms with Gasteiger partial charge in [-0.25, -0.2) is 4.39 Å². The van der Waals surface area contributed by atoms with Crippen molar-refractivity contribution < 1.29 is 9.13 Å². The summed E-state index contributed by atoms with van der Waals surface area (Å²) in [5.41, 5.74) is 7.68. The van der Waals surface area contributed by atoms with Crippen LogP contribution in [0.5, 0.6) is 5.75 Å². The fraction of sp³-hybridized carbons (Fsp3) is 0.143. The van der Waals surface area contributed by atoms with E-state index >= 15 is 0 Å². The van der Waals surface area contributed by atoms with Crippen LogP contribution in [0.25, 0.3) is 0 Å². The minimum absolute atomic E-state index is 0.218. The normalized spacial score (nSPS) is 10.3. The third kappa shape index (κ3) is 3.17. The van der Waals surface area contributed by atoms with Gasteiger partial charge < -0.3 is 10.5 Å². The van der Waals surface area contributed by atoms with Crippen LogP contribution in [0.2, 0.25) is 0 Å². The van der Waals surface area contributed by atoms with Gasteiger partial charge in [0, 0.05) is 16.3 Å². The summed E-state index contributed by atoms with van der Waals surface area (Å²) in [6, 6.07) is 12.0. The number of thioether (sulfide) groups is 1. The first-order valence-corrected chi connectivity index (χ1v) is 6.48. The van der Waals surface area contributed by atoms with Gasteiger partial charge in [0.05, 0.1) is 7.11 Å². The van der Waals surface area contributed by atoms with Crippen molar-refractivity contribution in [3.63, 3.8) is 0 Å². The van der Waals surface area contributed by atoms with Gasteiger partial charge in [0.2, 0.25) is 0 Å². The smallest absolute Gasteiger partial charge is 0.123 e. The molecule has 0 aromatic heterocycles. The molecule has 2 nitrogen and oxygen atoms in total. The second kappa shape index (κ2) is 5.78. The predicted molar refractivity (Wildman–Crippen MR) is 73.4 cm³/mol. The summed E-state index contributed by atoms with van der Waals surface area (Å²) in [5.74, 6) is 1.31. The highest BCUT2D eigenvalue weighted by Gasteiger charge is 2.03. The molecule has 0 bridgehead atoms. The van der Waals surface area contributed by atoms with E-state index in [1.165, 1.54) is 12.1 Å². The van der Waals surface area contributed by atoms with Crippen LogP contribution in [0, 0.1) is 5.82 Å². The number of benzene rings is 2. The third-order valence-electron chi connectivity index (χ3n) is 2.53. The van der Waals surface area contributed by atoms with Crippen LogP contribution in [0.4, 0.5) is 10.1 Å². The predicted octanol–water partition coefficient (Wildman–Crippen LogP) is 3.71. The Morgan fingerprint density at radius 2 is 1.89 bits per heavy atom. The van der Waals surface area contributed by atoms with Gasteiger partial charge in [0.15, 0.2) is 0 Å². The monoisotopic (exact) mass is 263 g/mol. The van der Waals surface area contributed by atoms with Gasteiger partial charge in [-0.3, -0.25) is 0 Å². The summed E-state index contributed by atoms with van der Waals surface area (Å²) in [4.78, 5) is 0.971. The van der Waals surface area contributed by atoms with Gasteiger partial charge in [-0.1, -0.05) is 12.1 Å². The molecular formula is C14H14FNOS. The number of nitrogen functional groups attached to an aromatic ring is 1. The third-order valence-corrected chi connectivity index (χ3v) is 3.67. The van der Waals surface area contributed by atoms with Crippen molar-refractivity contribution in [1.82, 2.24) is 0 Å².